The molecule has 0 bridgehead atoms. The number of rotatable bonds is 4. The predicted octanol–water partition coefficient (Wildman–Crippen LogP) is 0.425. The molecule has 0 amide bonds. The third-order valence-electron chi connectivity index (χ3n) is 3.89. The van der Waals surface area contributed by atoms with Crippen LogP contribution in [-0.2, 0) is 14.3 Å². The maximum absolute atomic E-state index is 12.4. The quantitative estimate of drug-likeness (QED) is 0.756. The molecular weight excluding hydrogens is 336 g/mol. The minimum atomic E-state index is -0.865. The Morgan fingerprint density at radius 2 is 2.42 bits per heavy atom. The average Bonchev–Trinajstić information content (AvgIpc) is 3.05. The van der Waals surface area contributed by atoms with Crippen molar-refractivity contribution in [2.75, 3.05) is 5.73 Å². The topological polar surface area (TPSA) is 130 Å². The Bertz CT molecular complexity index is 819. The van der Waals surface area contributed by atoms with Gasteiger partial charge in [0.05, 0.1) is 23.1 Å². The second-order valence-electron chi connectivity index (χ2n) is 5.58. The SMILES string of the molecule is CC[C@H](O)[C@@H]1C[C@@H](OC(C)=O)[C@H](n2c(=O)sc3cnc(N)nc32)O1. The summed E-state index contributed by atoms with van der Waals surface area (Å²) in [6.45, 7) is 3.11. The minimum absolute atomic E-state index is 0.0289. The fourth-order valence-electron chi connectivity index (χ4n) is 2.80. The van der Waals surface area contributed by atoms with Crippen LogP contribution >= 0.6 is 11.3 Å². The normalized spacial score (nSPS) is 25.0. The van der Waals surface area contributed by atoms with E-state index < -0.39 is 30.5 Å². The fraction of sp³-hybridized carbons (Fsp3) is 0.571. The van der Waals surface area contributed by atoms with E-state index in [1.54, 1.807) is 0 Å². The third kappa shape index (κ3) is 2.99. The first kappa shape index (κ1) is 16.8. The highest BCUT2D eigenvalue weighted by Crippen LogP contribution is 2.35. The van der Waals surface area contributed by atoms with Crippen molar-refractivity contribution in [3.8, 4) is 0 Å². The Kier molecular flexibility index (Phi) is 4.52. The number of esters is 1. The summed E-state index contributed by atoms with van der Waals surface area (Å²) in [5.41, 5.74) is 5.94. The summed E-state index contributed by atoms with van der Waals surface area (Å²) in [4.78, 5) is 31.4. The second kappa shape index (κ2) is 6.46. The molecule has 0 aromatic carbocycles. The zero-order valence-corrected chi connectivity index (χ0v) is 14.0. The lowest BCUT2D eigenvalue weighted by atomic mass is 10.1. The molecule has 0 unspecified atom stereocenters. The van der Waals surface area contributed by atoms with Crippen molar-refractivity contribution in [1.82, 2.24) is 14.5 Å². The number of carbonyl (C=O) groups is 1. The highest BCUT2D eigenvalue weighted by atomic mass is 32.1. The number of anilines is 1. The Morgan fingerprint density at radius 3 is 3.08 bits per heavy atom. The molecule has 24 heavy (non-hydrogen) atoms. The lowest BCUT2D eigenvalue weighted by Gasteiger charge is -2.20. The number of nitrogens with zero attached hydrogens (tertiary/aromatic N) is 3. The van der Waals surface area contributed by atoms with Gasteiger partial charge < -0.3 is 20.3 Å². The number of nitrogen functional groups attached to an aromatic ring is 1. The molecule has 0 radical (unpaired) electrons. The molecule has 0 aliphatic carbocycles. The van der Waals surface area contributed by atoms with E-state index in [1.807, 2.05) is 6.92 Å². The average molecular weight is 354 g/mol. The van der Waals surface area contributed by atoms with Crippen molar-refractivity contribution < 1.29 is 19.4 Å². The number of nitrogens with two attached hydrogens (primary N) is 1. The van der Waals surface area contributed by atoms with Gasteiger partial charge >= 0.3 is 10.8 Å². The lowest BCUT2D eigenvalue weighted by molar-refractivity contribution is -0.152. The summed E-state index contributed by atoms with van der Waals surface area (Å²) in [6.07, 6.45) is -0.564. The number of aliphatic hydroxyl groups excluding tert-OH is 1. The molecule has 4 atom stereocenters. The maximum atomic E-state index is 12.4. The van der Waals surface area contributed by atoms with E-state index in [1.165, 1.54) is 17.7 Å². The molecule has 1 fully saturated rings. The van der Waals surface area contributed by atoms with Crippen molar-refractivity contribution in [3.63, 3.8) is 0 Å². The van der Waals surface area contributed by atoms with Gasteiger partial charge in [-0.25, -0.2) is 4.98 Å². The summed E-state index contributed by atoms with van der Waals surface area (Å²) in [5.74, 6) is -0.455. The zero-order chi connectivity index (χ0) is 17.4. The van der Waals surface area contributed by atoms with Crippen molar-refractivity contribution >= 4 is 33.6 Å². The van der Waals surface area contributed by atoms with E-state index >= 15 is 0 Å². The van der Waals surface area contributed by atoms with Gasteiger partial charge in [0, 0.05) is 13.3 Å². The van der Waals surface area contributed by atoms with Crippen LogP contribution < -0.4 is 10.6 Å². The van der Waals surface area contributed by atoms with Crippen LogP contribution in [0.1, 0.15) is 32.9 Å². The van der Waals surface area contributed by atoms with Crippen LogP contribution in [0.2, 0.25) is 0 Å². The van der Waals surface area contributed by atoms with Gasteiger partial charge in [-0.2, -0.15) is 4.98 Å². The summed E-state index contributed by atoms with van der Waals surface area (Å²) >= 11 is 0.954. The molecule has 2 aromatic rings. The monoisotopic (exact) mass is 354 g/mol. The van der Waals surface area contributed by atoms with Crippen LogP contribution in [0.3, 0.4) is 0 Å². The van der Waals surface area contributed by atoms with E-state index in [4.69, 9.17) is 15.2 Å². The number of ether oxygens (including phenoxy) is 2. The van der Waals surface area contributed by atoms with Crippen molar-refractivity contribution in [2.45, 2.75) is 51.2 Å². The standard InChI is InChI=1S/C14H18N4O5S/c1-3-7(20)8-4-9(22-6(2)19)12(23-8)18-11-10(24-14(18)21)5-16-13(15)17-11/h5,7-9,12,20H,3-4H2,1-2H3,(H2,15,16,17)/t7-,8-,9+,12+/m0/s1. The van der Waals surface area contributed by atoms with Crippen LogP contribution in [0.5, 0.6) is 0 Å². The number of hydrogen-bond donors (Lipinski definition) is 2. The lowest BCUT2D eigenvalue weighted by Crippen LogP contribution is -2.30. The predicted molar refractivity (Wildman–Crippen MR) is 86.5 cm³/mol. The van der Waals surface area contributed by atoms with E-state index in [0.29, 0.717) is 23.2 Å². The van der Waals surface area contributed by atoms with Crippen LogP contribution in [0.25, 0.3) is 10.3 Å². The van der Waals surface area contributed by atoms with Gasteiger partial charge in [-0.15, -0.1) is 0 Å². The Labute approximate surface area is 141 Å². The highest BCUT2D eigenvalue weighted by molar-refractivity contribution is 7.16. The zero-order valence-electron chi connectivity index (χ0n) is 13.2. The largest absolute Gasteiger partial charge is 0.458 e. The molecule has 3 N–H and O–H groups in total. The summed E-state index contributed by atoms with van der Waals surface area (Å²) in [5, 5.41) is 10.1. The Hall–Kier alpha value is -2.04. The van der Waals surface area contributed by atoms with Crippen molar-refractivity contribution in [3.05, 3.63) is 15.9 Å². The summed E-state index contributed by atoms with van der Waals surface area (Å²) < 4.78 is 13.0. The maximum Gasteiger partial charge on any atom is 0.311 e. The molecule has 1 aliphatic heterocycles. The van der Waals surface area contributed by atoms with E-state index in [2.05, 4.69) is 9.97 Å². The number of carbonyl (C=O) groups excluding carboxylic acids is 1. The number of aromatic nitrogens is 3. The molecule has 10 heteroatoms. The van der Waals surface area contributed by atoms with E-state index in [-0.39, 0.29) is 10.8 Å². The molecule has 2 aromatic heterocycles. The van der Waals surface area contributed by atoms with Gasteiger partial charge in [-0.3, -0.25) is 14.2 Å². The van der Waals surface area contributed by atoms with Crippen molar-refractivity contribution in [1.29, 1.82) is 0 Å². The summed E-state index contributed by atoms with van der Waals surface area (Å²) in [7, 11) is 0. The van der Waals surface area contributed by atoms with Gasteiger partial charge in [0.15, 0.2) is 11.9 Å². The molecule has 3 rings (SSSR count). The molecule has 1 aliphatic rings. The fourth-order valence-corrected chi connectivity index (χ4v) is 3.62. The molecule has 130 valence electrons. The second-order valence-corrected chi connectivity index (χ2v) is 6.57. The van der Waals surface area contributed by atoms with Gasteiger partial charge in [-0.05, 0) is 6.42 Å². The number of fused-ring (bicyclic) bond motifs is 1. The van der Waals surface area contributed by atoms with Gasteiger partial charge in [0.1, 0.15) is 6.10 Å². The molecule has 1 saturated heterocycles. The number of thiazole rings is 1. The van der Waals surface area contributed by atoms with Gasteiger partial charge in [-0.1, -0.05) is 18.3 Å². The molecule has 9 nitrogen and oxygen atoms in total. The molecular formula is C14H18N4O5S. The van der Waals surface area contributed by atoms with Crippen LogP contribution in [0.4, 0.5) is 5.95 Å². The highest BCUT2D eigenvalue weighted by Gasteiger charge is 2.42. The van der Waals surface area contributed by atoms with Crippen LogP contribution in [0, 0.1) is 0 Å². The minimum Gasteiger partial charge on any atom is -0.458 e. The Morgan fingerprint density at radius 1 is 1.67 bits per heavy atom. The molecule has 3 heterocycles. The smallest absolute Gasteiger partial charge is 0.311 e. The van der Waals surface area contributed by atoms with Gasteiger partial charge in [0.25, 0.3) is 0 Å². The Balaban J connectivity index is 2.05. The van der Waals surface area contributed by atoms with Crippen LogP contribution in [-0.4, -0.2) is 43.9 Å². The third-order valence-corrected chi connectivity index (χ3v) is 4.77. The molecule has 0 saturated carbocycles. The first-order valence-corrected chi connectivity index (χ1v) is 8.36. The molecule has 0 spiro atoms. The first-order valence-electron chi connectivity index (χ1n) is 7.55. The van der Waals surface area contributed by atoms with Crippen LogP contribution in [0.15, 0.2) is 11.0 Å². The summed E-state index contributed by atoms with van der Waals surface area (Å²) in [6, 6.07) is 0. The van der Waals surface area contributed by atoms with Gasteiger partial charge in [0.2, 0.25) is 5.95 Å². The van der Waals surface area contributed by atoms with E-state index in [0.717, 1.165) is 11.3 Å². The van der Waals surface area contributed by atoms with Crippen molar-refractivity contribution in [2.24, 2.45) is 0 Å². The number of aliphatic hydroxyl groups is 1. The van der Waals surface area contributed by atoms with E-state index in [9.17, 15) is 14.7 Å². The number of hydrogen-bond acceptors (Lipinski definition) is 9. The first-order chi connectivity index (χ1) is 11.4.